The molecule has 0 saturated carbocycles. The van der Waals surface area contributed by atoms with Crippen molar-refractivity contribution >= 4 is 0 Å². The molecule has 70 valence electrons. The number of ether oxygens (including phenoxy) is 2. The Kier molecular flexibility index (Phi) is 2.60. The fraction of sp³-hybridized carbons (Fsp3) is 1.00. The topological polar surface area (TPSA) is 54.3 Å². The molecule has 4 nitrogen and oxygen atoms in total. The predicted molar refractivity (Wildman–Crippen MR) is 45.0 cm³/mol. The highest BCUT2D eigenvalue weighted by molar-refractivity contribution is 4.80. The number of epoxide rings is 2. The Morgan fingerprint density at radius 3 is 2.00 bits per heavy atom. The maximum atomic E-state index is 5.50. The molecule has 0 spiro atoms. The van der Waals surface area contributed by atoms with Gasteiger partial charge in [0, 0.05) is 26.2 Å². The van der Waals surface area contributed by atoms with Gasteiger partial charge in [-0.15, -0.1) is 0 Å². The average Bonchev–Trinajstić information content (AvgIpc) is 2.82. The van der Waals surface area contributed by atoms with Crippen LogP contribution in [0.1, 0.15) is 0 Å². The molecule has 0 aromatic carbocycles. The van der Waals surface area contributed by atoms with E-state index in [0.29, 0.717) is 12.2 Å². The second kappa shape index (κ2) is 3.70. The van der Waals surface area contributed by atoms with Gasteiger partial charge >= 0.3 is 0 Å². The van der Waals surface area contributed by atoms with Gasteiger partial charge in [0.1, 0.15) is 0 Å². The first kappa shape index (κ1) is 8.44. The van der Waals surface area contributed by atoms with Crippen molar-refractivity contribution in [2.45, 2.75) is 12.2 Å². The zero-order valence-corrected chi connectivity index (χ0v) is 7.24. The molecule has 4 heteroatoms. The first-order chi connectivity index (χ1) is 5.88. The summed E-state index contributed by atoms with van der Waals surface area (Å²) in [7, 11) is 0. The van der Waals surface area contributed by atoms with Crippen molar-refractivity contribution in [3.05, 3.63) is 0 Å². The maximum absolute atomic E-state index is 5.50. The number of rotatable bonds is 6. The van der Waals surface area contributed by atoms with E-state index in [2.05, 4.69) is 4.90 Å². The minimum absolute atomic E-state index is 0.468. The van der Waals surface area contributed by atoms with E-state index < -0.39 is 0 Å². The van der Waals surface area contributed by atoms with Crippen LogP contribution in [0, 0.1) is 0 Å². The number of nitrogens with two attached hydrogens (primary N) is 1. The molecule has 2 aliphatic heterocycles. The molecule has 0 aliphatic carbocycles. The molecule has 2 heterocycles. The van der Waals surface area contributed by atoms with Gasteiger partial charge in [0.25, 0.3) is 0 Å². The van der Waals surface area contributed by atoms with Crippen molar-refractivity contribution in [1.29, 1.82) is 0 Å². The molecule has 2 rings (SSSR count). The molecule has 2 N–H and O–H groups in total. The molecule has 2 saturated heterocycles. The Bertz CT molecular complexity index is 132. The molecule has 0 aromatic rings. The van der Waals surface area contributed by atoms with Crippen LogP contribution in [0.4, 0.5) is 0 Å². The minimum Gasteiger partial charge on any atom is -0.372 e. The van der Waals surface area contributed by atoms with E-state index in [1.54, 1.807) is 0 Å². The van der Waals surface area contributed by atoms with E-state index in [4.69, 9.17) is 15.2 Å². The van der Waals surface area contributed by atoms with E-state index in [9.17, 15) is 0 Å². The normalized spacial score (nSPS) is 32.5. The summed E-state index contributed by atoms with van der Waals surface area (Å²) in [6.45, 7) is 5.58. The lowest BCUT2D eigenvalue weighted by Crippen LogP contribution is -2.35. The maximum Gasteiger partial charge on any atom is 0.0936 e. The van der Waals surface area contributed by atoms with Gasteiger partial charge in [-0.3, -0.25) is 4.90 Å². The average molecular weight is 172 g/mol. The van der Waals surface area contributed by atoms with Crippen molar-refractivity contribution in [3.63, 3.8) is 0 Å². The third-order valence-electron chi connectivity index (χ3n) is 2.17. The predicted octanol–water partition coefficient (Wildman–Crippen LogP) is -0.955. The summed E-state index contributed by atoms with van der Waals surface area (Å²) >= 11 is 0. The van der Waals surface area contributed by atoms with Gasteiger partial charge in [0.15, 0.2) is 0 Å². The number of hydrogen-bond donors (Lipinski definition) is 1. The largest absolute Gasteiger partial charge is 0.372 e. The van der Waals surface area contributed by atoms with Crippen molar-refractivity contribution in [3.8, 4) is 0 Å². The van der Waals surface area contributed by atoms with Gasteiger partial charge in [-0.2, -0.15) is 0 Å². The lowest BCUT2D eigenvalue weighted by molar-refractivity contribution is 0.224. The first-order valence-electron chi connectivity index (χ1n) is 4.54. The smallest absolute Gasteiger partial charge is 0.0936 e. The van der Waals surface area contributed by atoms with Gasteiger partial charge in [-0.25, -0.2) is 0 Å². The molecule has 2 atom stereocenters. The van der Waals surface area contributed by atoms with Gasteiger partial charge in [-0.05, 0) is 0 Å². The second-order valence-corrected chi connectivity index (χ2v) is 3.46. The van der Waals surface area contributed by atoms with E-state index >= 15 is 0 Å². The SMILES string of the molecule is NCCN(CC1CO1)CC1CO1. The standard InChI is InChI=1S/C8H16N2O2/c9-1-2-10(3-7-5-11-7)4-8-6-12-8/h7-8H,1-6,9H2. The third kappa shape index (κ3) is 2.71. The van der Waals surface area contributed by atoms with Crippen LogP contribution >= 0.6 is 0 Å². The first-order valence-corrected chi connectivity index (χ1v) is 4.54. The Morgan fingerprint density at radius 1 is 1.17 bits per heavy atom. The molecule has 0 radical (unpaired) electrons. The van der Waals surface area contributed by atoms with Gasteiger partial charge in [0.2, 0.25) is 0 Å². The summed E-state index contributed by atoms with van der Waals surface area (Å²) in [6.07, 6.45) is 0.936. The summed E-state index contributed by atoms with van der Waals surface area (Å²) < 4.78 is 10.3. The van der Waals surface area contributed by atoms with Crippen LogP contribution in [-0.2, 0) is 9.47 Å². The third-order valence-corrected chi connectivity index (χ3v) is 2.17. The van der Waals surface area contributed by atoms with E-state index in [-0.39, 0.29) is 0 Å². The van der Waals surface area contributed by atoms with Crippen LogP contribution < -0.4 is 5.73 Å². The summed E-state index contributed by atoms with van der Waals surface area (Å²) in [5.74, 6) is 0. The van der Waals surface area contributed by atoms with Crippen LogP contribution in [-0.4, -0.2) is 56.5 Å². The van der Waals surface area contributed by atoms with Crippen molar-refractivity contribution < 1.29 is 9.47 Å². The van der Waals surface area contributed by atoms with Crippen LogP contribution in [0.2, 0.25) is 0 Å². The van der Waals surface area contributed by atoms with E-state index in [1.807, 2.05) is 0 Å². The van der Waals surface area contributed by atoms with E-state index in [0.717, 1.165) is 39.4 Å². The molecule has 0 bridgehead atoms. The highest BCUT2D eigenvalue weighted by Gasteiger charge is 2.30. The molecule has 12 heavy (non-hydrogen) atoms. The van der Waals surface area contributed by atoms with Crippen molar-refractivity contribution in [1.82, 2.24) is 4.90 Å². The number of nitrogens with zero attached hydrogens (tertiary/aromatic N) is 1. The van der Waals surface area contributed by atoms with E-state index in [1.165, 1.54) is 0 Å². The Hall–Kier alpha value is -0.160. The Labute approximate surface area is 72.6 Å². The van der Waals surface area contributed by atoms with Gasteiger partial charge in [-0.1, -0.05) is 0 Å². The van der Waals surface area contributed by atoms with Crippen LogP contribution in [0.25, 0.3) is 0 Å². The zero-order valence-electron chi connectivity index (χ0n) is 7.24. The van der Waals surface area contributed by atoms with Crippen LogP contribution in [0.15, 0.2) is 0 Å². The fourth-order valence-electron chi connectivity index (χ4n) is 1.36. The highest BCUT2D eigenvalue weighted by atomic mass is 16.6. The molecular formula is C8H16N2O2. The summed E-state index contributed by atoms with van der Waals surface area (Å²) in [5, 5.41) is 0. The highest BCUT2D eigenvalue weighted by Crippen LogP contribution is 2.14. The summed E-state index contributed by atoms with van der Waals surface area (Å²) in [6, 6.07) is 0. The molecule has 2 aliphatic rings. The van der Waals surface area contributed by atoms with Crippen LogP contribution in [0.5, 0.6) is 0 Å². The Balaban J connectivity index is 1.66. The monoisotopic (exact) mass is 172 g/mol. The zero-order chi connectivity index (χ0) is 8.39. The molecule has 2 unspecified atom stereocenters. The fourth-order valence-corrected chi connectivity index (χ4v) is 1.36. The quantitative estimate of drug-likeness (QED) is 0.525. The van der Waals surface area contributed by atoms with Gasteiger partial charge < -0.3 is 15.2 Å². The molecule has 0 amide bonds. The second-order valence-electron chi connectivity index (χ2n) is 3.46. The van der Waals surface area contributed by atoms with Crippen molar-refractivity contribution in [2.24, 2.45) is 5.73 Å². The lowest BCUT2D eigenvalue weighted by Gasteiger charge is -2.18. The minimum atomic E-state index is 0.468. The lowest BCUT2D eigenvalue weighted by atomic mass is 10.3. The van der Waals surface area contributed by atoms with Crippen molar-refractivity contribution in [2.75, 3.05) is 39.4 Å². The molecule has 2 fully saturated rings. The Morgan fingerprint density at radius 2 is 1.67 bits per heavy atom. The molecule has 0 aromatic heterocycles. The summed E-state index contributed by atoms with van der Waals surface area (Å²) in [4.78, 5) is 2.33. The van der Waals surface area contributed by atoms with Gasteiger partial charge in [0.05, 0.1) is 25.4 Å². The summed E-state index contributed by atoms with van der Waals surface area (Å²) in [5.41, 5.74) is 5.50. The molecular weight excluding hydrogens is 156 g/mol. The number of hydrogen-bond acceptors (Lipinski definition) is 4. The van der Waals surface area contributed by atoms with Crippen LogP contribution in [0.3, 0.4) is 0 Å².